The molecule has 4 saturated carbocycles. The fourth-order valence-electron chi connectivity index (χ4n) is 12.4. The highest BCUT2D eigenvalue weighted by atomic mass is 16.3. The fraction of sp³-hybridized carbons (Fsp3) is 0.192. The molecule has 1 spiro atoms. The van der Waals surface area contributed by atoms with Gasteiger partial charge in [-0.2, -0.15) is 0 Å². The first-order valence-corrected chi connectivity index (χ1v) is 19.9. The summed E-state index contributed by atoms with van der Waals surface area (Å²) in [4.78, 5) is 0. The van der Waals surface area contributed by atoms with E-state index < -0.39 is 0 Å². The van der Waals surface area contributed by atoms with E-state index in [0.29, 0.717) is 0 Å². The highest BCUT2D eigenvalue weighted by molar-refractivity contribution is 6.13. The first-order valence-electron chi connectivity index (χ1n) is 19.9. The van der Waals surface area contributed by atoms with Gasteiger partial charge in [0.1, 0.15) is 22.3 Å². The molecule has 0 amide bonds. The number of hydrogen-bond donors (Lipinski definition) is 0. The molecule has 2 aromatic heterocycles. The zero-order valence-electron chi connectivity index (χ0n) is 30.0. The Kier molecular flexibility index (Phi) is 5.83. The molecule has 0 N–H and O–H groups in total. The Labute approximate surface area is 314 Å². The summed E-state index contributed by atoms with van der Waals surface area (Å²) in [7, 11) is 0. The molecule has 258 valence electrons. The summed E-state index contributed by atoms with van der Waals surface area (Å²) in [5.74, 6) is 3.33. The quantitative estimate of drug-likeness (QED) is 0.184. The van der Waals surface area contributed by atoms with Crippen LogP contribution in [0.25, 0.3) is 88.4 Å². The highest BCUT2D eigenvalue weighted by Gasteiger charge is 2.61. The number of benzene rings is 7. The van der Waals surface area contributed by atoms with Gasteiger partial charge in [0.2, 0.25) is 0 Å². The van der Waals surface area contributed by atoms with Crippen LogP contribution < -0.4 is 0 Å². The van der Waals surface area contributed by atoms with Crippen molar-refractivity contribution in [1.82, 2.24) is 0 Å². The van der Waals surface area contributed by atoms with Crippen molar-refractivity contribution in [1.29, 1.82) is 0 Å². The van der Waals surface area contributed by atoms with E-state index in [1.165, 1.54) is 65.1 Å². The average molecular weight is 695 g/mol. The van der Waals surface area contributed by atoms with Crippen molar-refractivity contribution in [3.05, 3.63) is 157 Å². The lowest BCUT2D eigenvalue weighted by Gasteiger charge is -2.61. The molecule has 4 fully saturated rings. The zero-order valence-corrected chi connectivity index (χ0v) is 30.0. The Bertz CT molecular complexity index is 2980. The molecule has 4 bridgehead atoms. The topological polar surface area (TPSA) is 26.3 Å². The summed E-state index contributed by atoms with van der Waals surface area (Å²) in [6, 6.07) is 53.6. The van der Waals surface area contributed by atoms with E-state index in [1.54, 1.807) is 11.1 Å². The van der Waals surface area contributed by atoms with E-state index in [0.717, 1.165) is 79.0 Å². The summed E-state index contributed by atoms with van der Waals surface area (Å²) in [5, 5.41) is 4.70. The van der Waals surface area contributed by atoms with Crippen LogP contribution in [-0.4, -0.2) is 0 Å². The molecule has 5 aliphatic rings. The fourth-order valence-corrected chi connectivity index (χ4v) is 12.4. The largest absolute Gasteiger partial charge is 0.455 e. The number of para-hydroxylation sites is 2. The number of furan rings is 2. The molecule has 7 aromatic carbocycles. The molecule has 9 aromatic rings. The third-order valence-corrected chi connectivity index (χ3v) is 14.2. The minimum Gasteiger partial charge on any atom is -0.455 e. The minimum absolute atomic E-state index is 0.134. The summed E-state index contributed by atoms with van der Waals surface area (Å²) in [5.41, 5.74) is 16.8. The zero-order chi connectivity index (χ0) is 35.1. The summed E-state index contributed by atoms with van der Waals surface area (Å²) >= 11 is 0. The van der Waals surface area contributed by atoms with Gasteiger partial charge in [-0.1, -0.05) is 109 Å². The van der Waals surface area contributed by atoms with Crippen LogP contribution in [0.1, 0.15) is 43.2 Å². The molecule has 0 unspecified atom stereocenters. The van der Waals surface area contributed by atoms with Crippen molar-refractivity contribution in [3.8, 4) is 44.5 Å². The van der Waals surface area contributed by atoms with Gasteiger partial charge < -0.3 is 8.83 Å². The summed E-state index contributed by atoms with van der Waals surface area (Å²) < 4.78 is 13.6. The van der Waals surface area contributed by atoms with Crippen LogP contribution in [0.3, 0.4) is 0 Å². The maximum absolute atomic E-state index is 7.11. The van der Waals surface area contributed by atoms with Gasteiger partial charge in [0.25, 0.3) is 0 Å². The summed E-state index contributed by atoms with van der Waals surface area (Å²) in [6.07, 6.45) is 7.01. The molecular formula is C52H38O2. The monoisotopic (exact) mass is 694 g/mol. The van der Waals surface area contributed by atoms with E-state index in [2.05, 4.69) is 140 Å². The SMILES string of the molecule is c1ccc(-c2cc(-c3ccc4c(c3)oc3c5c(ccc34)C3(c4ccccc4-5)C4CC5CC(C4)CC3C5)cc(-c3cccc4c3oc3ccccc34)c2)cc1. The highest BCUT2D eigenvalue weighted by Crippen LogP contribution is 2.70. The van der Waals surface area contributed by atoms with Crippen LogP contribution >= 0.6 is 0 Å². The van der Waals surface area contributed by atoms with Crippen molar-refractivity contribution in [2.45, 2.75) is 37.5 Å². The Balaban J connectivity index is 1.00. The van der Waals surface area contributed by atoms with Gasteiger partial charge in [-0.3, -0.25) is 0 Å². The number of rotatable bonds is 3. The minimum atomic E-state index is 0.134. The Morgan fingerprint density at radius 3 is 1.87 bits per heavy atom. The van der Waals surface area contributed by atoms with Gasteiger partial charge in [-0.05, 0) is 137 Å². The Hall–Kier alpha value is -5.86. The lowest BCUT2D eigenvalue weighted by molar-refractivity contribution is -0.0399. The third kappa shape index (κ3) is 3.86. The van der Waals surface area contributed by atoms with E-state index in [1.807, 2.05) is 6.07 Å². The van der Waals surface area contributed by atoms with Gasteiger partial charge in [-0.15, -0.1) is 0 Å². The van der Waals surface area contributed by atoms with E-state index in [-0.39, 0.29) is 5.41 Å². The first-order chi connectivity index (χ1) is 26.7. The van der Waals surface area contributed by atoms with Crippen molar-refractivity contribution in [2.24, 2.45) is 23.7 Å². The third-order valence-electron chi connectivity index (χ3n) is 14.2. The number of hydrogen-bond acceptors (Lipinski definition) is 2. The van der Waals surface area contributed by atoms with Gasteiger partial charge in [0.05, 0.1) is 0 Å². The second kappa shape index (κ2) is 10.6. The van der Waals surface area contributed by atoms with Crippen LogP contribution in [0.4, 0.5) is 0 Å². The maximum Gasteiger partial charge on any atom is 0.143 e. The van der Waals surface area contributed by atoms with Gasteiger partial charge in [0.15, 0.2) is 0 Å². The molecule has 2 heteroatoms. The second-order valence-corrected chi connectivity index (χ2v) is 16.8. The predicted molar refractivity (Wildman–Crippen MR) is 221 cm³/mol. The van der Waals surface area contributed by atoms with Gasteiger partial charge >= 0.3 is 0 Å². The predicted octanol–water partition coefficient (Wildman–Crippen LogP) is 14.2. The lowest BCUT2D eigenvalue weighted by atomic mass is 9.43. The normalized spacial score (nSPS) is 23.6. The molecule has 2 heterocycles. The maximum atomic E-state index is 7.11. The van der Waals surface area contributed by atoms with E-state index in [4.69, 9.17) is 8.83 Å². The van der Waals surface area contributed by atoms with Crippen LogP contribution in [0.15, 0.2) is 154 Å². The molecule has 14 rings (SSSR count). The van der Waals surface area contributed by atoms with Gasteiger partial charge in [-0.25, -0.2) is 0 Å². The van der Waals surface area contributed by atoms with Crippen molar-refractivity contribution < 1.29 is 8.83 Å². The van der Waals surface area contributed by atoms with E-state index >= 15 is 0 Å². The molecule has 2 nitrogen and oxygen atoms in total. The molecule has 0 radical (unpaired) electrons. The molecule has 0 saturated heterocycles. The average Bonchev–Trinajstić information content (AvgIpc) is 3.88. The first kappa shape index (κ1) is 29.6. The molecule has 0 atom stereocenters. The van der Waals surface area contributed by atoms with Crippen LogP contribution in [0, 0.1) is 23.7 Å². The lowest BCUT2D eigenvalue weighted by Crippen LogP contribution is -2.55. The van der Waals surface area contributed by atoms with Crippen molar-refractivity contribution in [3.63, 3.8) is 0 Å². The Morgan fingerprint density at radius 1 is 0.389 bits per heavy atom. The smallest absolute Gasteiger partial charge is 0.143 e. The van der Waals surface area contributed by atoms with Crippen molar-refractivity contribution in [2.75, 3.05) is 0 Å². The molecule has 54 heavy (non-hydrogen) atoms. The van der Waals surface area contributed by atoms with Crippen molar-refractivity contribution >= 4 is 43.9 Å². The molecular weight excluding hydrogens is 657 g/mol. The number of fused-ring (bicyclic) bond motifs is 10. The molecule has 0 aliphatic heterocycles. The van der Waals surface area contributed by atoms with Gasteiger partial charge in [0, 0.05) is 38.1 Å². The van der Waals surface area contributed by atoms with Crippen LogP contribution in [-0.2, 0) is 5.41 Å². The van der Waals surface area contributed by atoms with Crippen LogP contribution in [0.2, 0.25) is 0 Å². The standard InChI is InChI=1S/C52H38O2/c1-2-9-32(10-3-1)34-26-35(28-36(27-34)39-13-8-14-42-40-11-5-7-16-47(40)53-50(39)42)33-17-18-41-43-19-20-46-49(51(43)54-48(41)29-33)44-12-4-6-15-45(44)52(46)37-22-30-21-31(24-37)25-38(52)23-30/h1-20,26-31,37-38H,21-25H2. The van der Waals surface area contributed by atoms with E-state index in [9.17, 15) is 0 Å². The summed E-state index contributed by atoms with van der Waals surface area (Å²) in [6.45, 7) is 0. The second-order valence-electron chi connectivity index (χ2n) is 16.8. The Morgan fingerprint density at radius 2 is 1.02 bits per heavy atom. The molecule has 5 aliphatic carbocycles. The van der Waals surface area contributed by atoms with Crippen LogP contribution in [0.5, 0.6) is 0 Å².